The quantitative estimate of drug-likeness (QED) is 0.920. The van der Waals surface area contributed by atoms with Gasteiger partial charge in [0, 0.05) is 28.6 Å². The predicted octanol–water partition coefficient (Wildman–Crippen LogP) is 2.18. The van der Waals surface area contributed by atoms with E-state index in [9.17, 15) is 5.11 Å². The van der Waals surface area contributed by atoms with Crippen molar-refractivity contribution in [2.75, 3.05) is 18.6 Å². The number of ether oxygens (including phenoxy) is 1. The zero-order valence-corrected chi connectivity index (χ0v) is 12.6. The van der Waals surface area contributed by atoms with Gasteiger partial charge in [-0.15, -0.1) is 0 Å². The van der Waals surface area contributed by atoms with Crippen molar-refractivity contribution in [3.05, 3.63) is 11.9 Å². The van der Waals surface area contributed by atoms with Crippen LogP contribution in [0.1, 0.15) is 25.6 Å². The Morgan fingerprint density at radius 1 is 1.56 bits per heavy atom. The van der Waals surface area contributed by atoms with Gasteiger partial charge in [-0.3, -0.25) is 4.68 Å². The van der Waals surface area contributed by atoms with E-state index < -0.39 is 6.10 Å². The first-order valence-corrected chi connectivity index (χ1v) is 8.29. The first-order chi connectivity index (χ1) is 8.69. The number of aromatic nitrogens is 2. The zero-order valence-electron chi connectivity index (χ0n) is 11.0. The summed E-state index contributed by atoms with van der Waals surface area (Å²) in [5.74, 6) is 2.95. The van der Waals surface area contributed by atoms with Gasteiger partial charge >= 0.3 is 0 Å². The molecule has 3 atom stereocenters. The molecule has 1 aromatic heterocycles. The second-order valence-electron chi connectivity index (χ2n) is 4.27. The van der Waals surface area contributed by atoms with Gasteiger partial charge in [0.05, 0.1) is 13.3 Å². The van der Waals surface area contributed by atoms with E-state index in [1.807, 2.05) is 35.1 Å². The summed E-state index contributed by atoms with van der Waals surface area (Å²) >= 11 is 3.78. The van der Waals surface area contributed by atoms with Crippen LogP contribution in [0.3, 0.4) is 0 Å². The molecule has 2 heterocycles. The summed E-state index contributed by atoms with van der Waals surface area (Å²) in [6, 6.07) is 0. The van der Waals surface area contributed by atoms with Crippen LogP contribution in [0.15, 0.2) is 6.20 Å². The zero-order chi connectivity index (χ0) is 13.1. The van der Waals surface area contributed by atoms with Gasteiger partial charge in [-0.25, -0.2) is 0 Å². The van der Waals surface area contributed by atoms with E-state index in [0.29, 0.717) is 11.0 Å². The van der Waals surface area contributed by atoms with Crippen LogP contribution in [0.2, 0.25) is 0 Å². The predicted molar refractivity (Wildman–Crippen MR) is 77.6 cm³/mol. The fourth-order valence-corrected chi connectivity index (χ4v) is 5.04. The molecule has 0 amide bonds. The van der Waals surface area contributed by atoms with Crippen molar-refractivity contribution in [1.29, 1.82) is 0 Å². The molecule has 1 saturated heterocycles. The maximum absolute atomic E-state index is 10.7. The molecule has 1 fully saturated rings. The van der Waals surface area contributed by atoms with Crippen LogP contribution < -0.4 is 4.74 Å². The molecule has 6 heteroatoms. The Morgan fingerprint density at radius 3 is 2.89 bits per heavy atom. The van der Waals surface area contributed by atoms with Gasteiger partial charge < -0.3 is 9.84 Å². The Kier molecular flexibility index (Phi) is 4.86. The molecule has 1 aliphatic rings. The SMILES string of the molecule is CCn1ncc(OC)c1C(O)C1SCCSC1C. The molecule has 0 radical (unpaired) electrons. The number of aliphatic hydroxyl groups is 1. The molecule has 0 saturated carbocycles. The highest BCUT2D eigenvalue weighted by atomic mass is 32.2. The summed E-state index contributed by atoms with van der Waals surface area (Å²) < 4.78 is 7.15. The lowest BCUT2D eigenvalue weighted by Gasteiger charge is -2.32. The normalized spacial score (nSPS) is 26.0. The van der Waals surface area contributed by atoms with Crippen LogP contribution in [0.4, 0.5) is 0 Å². The third kappa shape index (κ3) is 2.65. The van der Waals surface area contributed by atoms with E-state index in [2.05, 4.69) is 12.0 Å². The van der Waals surface area contributed by atoms with E-state index in [1.54, 1.807) is 13.3 Å². The van der Waals surface area contributed by atoms with E-state index in [-0.39, 0.29) is 5.25 Å². The molecule has 102 valence electrons. The third-order valence-corrected chi connectivity index (χ3v) is 6.37. The lowest BCUT2D eigenvalue weighted by molar-refractivity contribution is 0.159. The molecule has 1 aliphatic heterocycles. The average molecular weight is 288 g/mol. The molecule has 0 spiro atoms. The minimum absolute atomic E-state index is 0.208. The van der Waals surface area contributed by atoms with Crippen LogP contribution >= 0.6 is 23.5 Å². The number of nitrogens with zero attached hydrogens (tertiary/aromatic N) is 2. The highest BCUT2D eigenvalue weighted by molar-refractivity contribution is 8.07. The van der Waals surface area contributed by atoms with E-state index in [1.165, 1.54) is 5.75 Å². The summed E-state index contributed by atoms with van der Waals surface area (Å²) in [6.07, 6.45) is 1.17. The van der Waals surface area contributed by atoms with Gasteiger partial charge in [-0.05, 0) is 6.92 Å². The largest absolute Gasteiger partial charge is 0.493 e. The molecular weight excluding hydrogens is 268 g/mol. The number of aryl methyl sites for hydroxylation is 1. The van der Waals surface area contributed by atoms with Crippen LogP contribution in [0, 0.1) is 0 Å². The van der Waals surface area contributed by atoms with Crippen LogP contribution in [-0.4, -0.2) is 44.0 Å². The fourth-order valence-electron chi connectivity index (χ4n) is 2.24. The summed E-state index contributed by atoms with van der Waals surface area (Å²) in [7, 11) is 1.62. The number of rotatable bonds is 4. The second kappa shape index (κ2) is 6.21. The highest BCUT2D eigenvalue weighted by Gasteiger charge is 2.33. The molecule has 4 nitrogen and oxygen atoms in total. The summed E-state index contributed by atoms with van der Waals surface area (Å²) in [4.78, 5) is 0. The maximum Gasteiger partial charge on any atom is 0.162 e. The number of thioether (sulfide) groups is 2. The van der Waals surface area contributed by atoms with Crippen LogP contribution in [0.5, 0.6) is 5.75 Å². The number of hydrogen-bond acceptors (Lipinski definition) is 5. The first-order valence-electron chi connectivity index (χ1n) is 6.20. The van der Waals surface area contributed by atoms with E-state index >= 15 is 0 Å². The Hall–Kier alpha value is -0.330. The molecule has 0 bridgehead atoms. The Bertz CT molecular complexity index is 376. The lowest BCUT2D eigenvalue weighted by Crippen LogP contribution is -2.31. The number of hydrogen-bond donors (Lipinski definition) is 1. The van der Waals surface area contributed by atoms with Crippen molar-refractivity contribution < 1.29 is 9.84 Å². The second-order valence-corrected chi connectivity index (χ2v) is 7.04. The first kappa shape index (κ1) is 14.1. The van der Waals surface area contributed by atoms with Crippen molar-refractivity contribution in [3.8, 4) is 5.75 Å². The molecule has 2 rings (SSSR count). The molecule has 18 heavy (non-hydrogen) atoms. The van der Waals surface area contributed by atoms with Crippen molar-refractivity contribution in [2.45, 2.75) is 37.0 Å². The smallest absolute Gasteiger partial charge is 0.162 e. The van der Waals surface area contributed by atoms with Crippen LogP contribution in [-0.2, 0) is 6.54 Å². The molecule has 3 unspecified atom stereocenters. The van der Waals surface area contributed by atoms with Gasteiger partial charge in [0.1, 0.15) is 11.8 Å². The Balaban J connectivity index is 2.26. The fraction of sp³-hybridized carbons (Fsp3) is 0.750. The van der Waals surface area contributed by atoms with E-state index in [0.717, 1.165) is 18.0 Å². The third-order valence-electron chi connectivity index (χ3n) is 3.19. The molecule has 1 N–H and O–H groups in total. The summed E-state index contributed by atoms with van der Waals surface area (Å²) in [5, 5.41) is 15.6. The Morgan fingerprint density at radius 2 is 2.28 bits per heavy atom. The number of methoxy groups -OCH3 is 1. The lowest BCUT2D eigenvalue weighted by atomic mass is 10.1. The van der Waals surface area contributed by atoms with Crippen LogP contribution in [0.25, 0.3) is 0 Å². The van der Waals surface area contributed by atoms with Gasteiger partial charge in [-0.1, -0.05) is 6.92 Å². The number of aliphatic hydroxyl groups excluding tert-OH is 1. The van der Waals surface area contributed by atoms with E-state index in [4.69, 9.17) is 4.74 Å². The summed E-state index contributed by atoms with van der Waals surface area (Å²) in [6.45, 7) is 4.95. The van der Waals surface area contributed by atoms with Gasteiger partial charge in [0.2, 0.25) is 0 Å². The maximum atomic E-state index is 10.7. The molecule has 1 aromatic rings. The minimum Gasteiger partial charge on any atom is -0.493 e. The van der Waals surface area contributed by atoms with Crippen molar-refractivity contribution in [2.24, 2.45) is 0 Å². The van der Waals surface area contributed by atoms with Crippen molar-refractivity contribution >= 4 is 23.5 Å². The molecular formula is C12H20N2O2S2. The van der Waals surface area contributed by atoms with Gasteiger partial charge in [0.25, 0.3) is 0 Å². The molecule has 0 aliphatic carbocycles. The molecule has 0 aromatic carbocycles. The minimum atomic E-state index is -0.518. The highest BCUT2D eigenvalue weighted by Crippen LogP contribution is 2.40. The monoisotopic (exact) mass is 288 g/mol. The average Bonchev–Trinajstić information content (AvgIpc) is 2.81. The van der Waals surface area contributed by atoms with Gasteiger partial charge in [-0.2, -0.15) is 28.6 Å². The standard InChI is InChI=1S/C12H20N2O2S2/c1-4-14-10(9(16-3)7-13-14)11(15)12-8(2)17-5-6-18-12/h7-8,11-12,15H,4-6H2,1-3H3. The summed E-state index contributed by atoms with van der Waals surface area (Å²) in [5.41, 5.74) is 0.812. The topological polar surface area (TPSA) is 47.3 Å². The van der Waals surface area contributed by atoms with Crippen molar-refractivity contribution in [1.82, 2.24) is 9.78 Å². The van der Waals surface area contributed by atoms with Gasteiger partial charge in [0.15, 0.2) is 5.75 Å². The van der Waals surface area contributed by atoms with Crippen molar-refractivity contribution in [3.63, 3.8) is 0 Å². The Labute approximate surface area is 116 Å².